The van der Waals surface area contributed by atoms with Gasteiger partial charge in [-0.25, -0.2) is 0 Å². The van der Waals surface area contributed by atoms with Crippen molar-refractivity contribution in [2.75, 3.05) is 13.1 Å². The molecule has 1 amide bonds. The molecule has 0 saturated heterocycles. The molecule has 0 radical (unpaired) electrons. The Kier molecular flexibility index (Phi) is 5.22. The summed E-state index contributed by atoms with van der Waals surface area (Å²) in [5.74, 6) is -0.934. The zero-order chi connectivity index (χ0) is 14.6. The molecule has 1 N–H and O–H groups in total. The lowest BCUT2D eigenvalue weighted by molar-refractivity contribution is -0.140. The monoisotopic (exact) mass is 339 g/mol. The van der Waals surface area contributed by atoms with Crippen molar-refractivity contribution in [1.82, 2.24) is 4.90 Å². The Balaban J connectivity index is 2.95. The van der Waals surface area contributed by atoms with Crippen molar-refractivity contribution in [3.8, 4) is 5.75 Å². The number of halogens is 4. The van der Waals surface area contributed by atoms with E-state index in [1.165, 1.54) is 12.1 Å². The van der Waals surface area contributed by atoms with Crippen LogP contribution in [0.1, 0.15) is 23.7 Å². The second-order valence-corrected chi connectivity index (χ2v) is 4.86. The van der Waals surface area contributed by atoms with Crippen LogP contribution in [0, 0.1) is 0 Å². The zero-order valence-corrected chi connectivity index (χ0v) is 11.8. The Labute approximate surface area is 117 Å². The van der Waals surface area contributed by atoms with Gasteiger partial charge in [-0.2, -0.15) is 13.2 Å². The quantitative estimate of drug-likeness (QED) is 0.910. The summed E-state index contributed by atoms with van der Waals surface area (Å²) in [6, 6.07) is 3.93. The molecular weight excluding hydrogens is 327 g/mol. The second kappa shape index (κ2) is 6.27. The number of hydrogen-bond acceptors (Lipinski definition) is 2. The van der Waals surface area contributed by atoms with Gasteiger partial charge in [-0.3, -0.25) is 4.79 Å². The van der Waals surface area contributed by atoms with Gasteiger partial charge < -0.3 is 10.0 Å². The molecule has 1 aromatic carbocycles. The maximum Gasteiger partial charge on any atom is 0.406 e. The van der Waals surface area contributed by atoms with Gasteiger partial charge in [-0.1, -0.05) is 6.92 Å². The third kappa shape index (κ3) is 4.74. The Bertz CT molecular complexity index is 463. The van der Waals surface area contributed by atoms with Crippen LogP contribution in [-0.4, -0.2) is 35.2 Å². The van der Waals surface area contributed by atoms with E-state index in [2.05, 4.69) is 15.9 Å². The third-order valence-corrected chi connectivity index (χ3v) is 3.01. The number of hydrogen-bond donors (Lipinski definition) is 1. The second-order valence-electron chi connectivity index (χ2n) is 4.01. The van der Waals surface area contributed by atoms with Gasteiger partial charge in [0.05, 0.1) is 4.47 Å². The van der Waals surface area contributed by atoms with Crippen molar-refractivity contribution < 1.29 is 23.1 Å². The third-order valence-electron chi connectivity index (χ3n) is 2.34. The van der Waals surface area contributed by atoms with Gasteiger partial charge in [-0.15, -0.1) is 0 Å². The summed E-state index contributed by atoms with van der Waals surface area (Å²) in [5, 5.41) is 9.45. The molecule has 3 nitrogen and oxygen atoms in total. The van der Waals surface area contributed by atoms with E-state index in [9.17, 15) is 23.1 Å². The van der Waals surface area contributed by atoms with Crippen LogP contribution in [0.4, 0.5) is 13.2 Å². The summed E-state index contributed by atoms with van der Waals surface area (Å²) in [7, 11) is 0. The first kappa shape index (κ1) is 15.8. The van der Waals surface area contributed by atoms with Crippen molar-refractivity contribution in [3.05, 3.63) is 28.2 Å². The predicted molar refractivity (Wildman–Crippen MR) is 68.1 cm³/mol. The smallest absolute Gasteiger partial charge is 0.406 e. The number of phenolic OH excluding ortho intramolecular Hbond substituents is 1. The normalized spacial score (nSPS) is 11.4. The number of phenols is 1. The molecule has 1 rings (SSSR count). The highest BCUT2D eigenvalue weighted by molar-refractivity contribution is 9.10. The fourth-order valence-electron chi connectivity index (χ4n) is 1.57. The molecule has 0 spiro atoms. The van der Waals surface area contributed by atoms with Gasteiger partial charge in [0.1, 0.15) is 12.3 Å². The molecule has 7 heteroatoms. The summed E-state index contributed by atoms with van der Waals surface area (Å²) in [5.41, 5.74) is 0.0263. The fourth-order valence-corrected chi connectivity index (χ4v) is 1.81. The molecule has 0 aromatic heterocycles. The summed E-state index contributed by atoms with van der Waals surface area (Å²) in [4.78, 5) is 12.7. The summed E-state index contributed by atoms with van der Waals surface area (Å²) in [6.45, 7) is 0.404. The molecule has 0 aliphatic carbocycles. The molecular formula is C12H13BrF3NO2. The number of alkyl halides is 3. The van der Waals surface area contributed by atoms with E-state index >= 15 is 0 Å². The molecule has 1 aromatic rings. The number of carbonyl (C=O) groups is 1. The molecule has 19 heavy (non-hydrogen) atoms. The minimum Gasteiger partial charge on any atom is -0.507 e. The van der Waals surface area contributed by atoms with Gasteiger partial charge in [0.25, 0.3) is 5.91 Å². The Morgan fingerprint density at radius 3 is 2.53 bits per heavy atom. The minimum absolute atomic E-state index is 0.00910. The van der Waals surface area contributed by atoms with Gasteiger partial charge >= 0.3 is 6.18 Å². The lowest BCUT2D eigenvalue weighted by Crippen LogP contribution is -2.39. The van der Waals surface area contributed by atoms with E-state index in [0.29, 0.717) is 10.9 Å². The minimum atomic E-state index is -4.44. The van der Waals surface area contributed by atoms with Crippen LogP contribution in [0.2, 0.25) is 0 Å². The van der Waals surface area contributed by atoms with Crippen LogP contribution in [0.5, 0.6) is 5.75 Å². The van der Waals surface area contributed by atoms with Crippen molar-refractivity contribution in [2.24, 2.45) is 0 Å². The molecule has 0 atom stereocenters. The Hall–Kier alpha value is -1.24. The van der Waals surface area contributed by atoms with Crippen molar-refractivity contribution in [3.63, 3.8) is 0 Å². The Morgan fingerprint density at radius 1 is 1.42 bits per heavy atom. The number of rotatable bonds is 4. The average molecular weight is 340 g/mol. The summed E-state index contributed by atoms with van der Waals surface area (Å²) in [6.07, 6.45) is -4.02. The number of carbonyl (C=O) groups excluding carboxylic acids is 1. The van der Waals surface area contributed by atoms with Crippen molar-refractivity contribution >= 4 is 21.8 Å². The molecule has 0 aliphatic heterocycles. The zero-order valence-electron chi connectivity index (χ0n) is 10.2. The number of amides is 1. The maximum absolute atomic E-state index is 12.4. The highest BCUT2D eigenvalue weighted by Crippen LogP contribution is 2.25. The first-order chi connectivity index (χ1) is 8.74. The lowest BCUT2D eigenvalue weighted by Gasteiger charge is -2.23. The molecule has 0 unspecified atom stereocenters. The first-order valence-electron chi connectivity index (χ1n) is 5.59. The van der Waals surface area contributed by atoms with Crippen LogP contribution in [-0.2, 0) is 0 Å². The standard InChI is InChI=1S/C12H13BrF3NO2/c1-2-5-17(7-12(14,15)16)11(19)8-3-4-9(13)10(18)6-8/h3-4,6,18H,2,5,7H2,1H3. The van der Waals surface area contributed by atoms with E-state index in [0.717, 1.165) is 11.0 Å². The lowest BCUT2D eigenvalue weighted by atomic mass is 10.2. The van der Waals surface area contributed by atoms with Crippen molar-refractivity contribution in [1.29, 1.82) is 0 Å². The Morgan fingerprint density at radius 2 is 2.05 bits per heavy atom. The van der Waals surface area contributed by atoms with E-state index in [4.69, 9.17) is 0 Å². The molecule has 106 valence electrons. The van der Waals surface area contributed by atoms with Gasteiger partial charge in [-0.05, 0) is 40.5 Å². The van der Waals surface area contributed by atoms with E-state index in [-0.39, 0.29) is 17.9 Å². The first-order valence-corrected chi connectivity index (χ1v) is 6.38. The van der Waals surface area contributed by atoms with Crippen LogP contribution in [0.3, 0.4) is 0 Å². The van der Waals surface area contributed by atoms with Crippen LogP contribution in [0.15, 0.2) is 22.7 Å². The SMILES string of the molecule is CCCN(CC(F)(F)F)C(=O)c1ccc(Br)c(O)c1. The largest absolute Gasteiger partial charge is 0.507 e. The van der Waals surface area contributed by atoms with Crippen LogP contribution < -0.4 is 0 Å². The fraction of sp³-hybridized carbons (Fsp3) is 0.417. The van der Waals surface area contributed by atoms with Crippen LogP contribution in [0.25, 0.3) is 0 Å². The van der Waals surface area contributed by atoms with Crippen LogP contribution >= 0.6 is 15.9 Å². The van der Waals surface area contributed by atoms with Crippen molar-refractivity contribution in [2.45, 2.75) is 19.5 Å². The van der Waals surface area contributed by atoms with Gasteiger partial charge in [0, 0.05) is 12.1 Å². The number of nitrogens with zero attached hydrogens (tertiary/aromatic N) is 1. The van der Waals surface area contributed by atoms with Gasteiger partial charge in [0.2, 0.25) is 0 Å². The molecule has 0 heterocycles. The number of aromatic hydroxyl groups is 1. The predicted octanol–water partition coefficient (Wildman–Crippen LogP) is 3.57. The van der Waals surface area contributed by atoms with E-state index < -0.39 is 18.6 Å². The molecule has 0 saturated carbocycles. The van der Waals surface area contributed by atoms with E-state index in [1.54, 1.807) is 6.92 Å². The molecule has 0 fully saturated rings. The maximum atomic E-state index is 12.4. The highest BCUT2D eigenvalue weighted by atomic mass is 79.9. The number of benzene rings is 1. The highest BCUT2D eigenvalue weighted by Gasteiger charge is 2.33. The summed E-state index contributed by atoms with van der Waals surface area (Å²) < 4.78 is 37.6. The molecule has 0 aliphatic rings. The van der Waals surface area contributed by atoms with Gasteiger partial charge in [0.15, 0.2) is 0 Å². The average Bonchev–Trinajstić information content (AvgIpc) is 2.29. The summed E-state index contributed by atoms with van der Waals surface area (Å²) >= 11 is 3.04. The van der Waals surface area contributed by atoms with E-state index in [1.807, 2.05) is 0 Å². The molecule has 0 bridgehead atoms. The topological polar surface area (TPSA) is 40.5 Å².